The highest BCUT2D eigenvalue weighted by atomic mass is 16.4. The van der Waals surface area contributed by atoms with Gasteiger partial charge in [-0.3, -0.25) is 4.79 Å². The molecule has 4 heteroatoms. The molecule has 4 aliphatic rings. The molecule has 0 bridgehead atoms. The molecular formula is C23H38O4. The summed E-state index contributed by atoms with van der Waals surface area (Å²) in [4.78, 5) is 11.0. The van der Waals surface area contributed by atoms with Crippen molar-refractivity contribution < 1.29 is 20.1 Å². The van der Waals surface area contributed by atoms with Crippen LogP contribution in [0.15, 0.2) is 0 Å². The second-order valence-electron chi connectivity index (χ2n) is 10.7. The Bertz CT molecular complexity index is 563. The van der Waals surface area contributed by atoms with Crippen LogP contribution >= 0.6 is 0 Å². The van der Waals surface area contributed by atoms with Crippen LogP contribution in [0.25, 0.3) is 0 Å². The highest BCUT2D eigenvalue weighted by Crippen LogP contribution is 2.64. The molecule has 27 heavy (non-hydrogen) atoms. The Hall–Kier alpha value is -0.610. The number of aliphatic hydroxyl groups is 2. The lowest BCUT2D eigenvalue weighted by Crippen LogP contribution is -2.56. The first-order valence-electron chi connectivity index (χ1n) is 11.4. The number of hydrogen-bond donors (Lipinski definition) is 3. The SMILES string of the molecule is CC(CCC(=O)O)[C@H]1CCC2C3C(O)C[C@@H]4C[C@H](O)CC[C@]4(C)C3CCC21. The average molecular weight is 379 g/mol. The highest BCUT2D eigenvalue weighted by Gasteiger charge is 2.59. The first-order chi connectivity index (χ1) is 12.8. The van der Waals surface area contributed by atoms with E-state index in [1.54, 1.807) is 0 Å². The van der Waals surface area contributed by atoms with Gasteiger partial charge in [0.25, 0.3) is 0 Å². The lowest BCUT2D eigenvalue weighted by molar-refractivity contribution is -0.158. The van der Waals surface area contributed by atoms with Gasteiger partial charge < -0.3 is 15.3 Å². The smallest absolute Gasteiger partial charge is 0.303 e. The van der Waals surface area contributed by atoms with Gasteiger partial charge in [0.05, 0.1) is 12.2 Å². The zero-order chi connectivity index (χ0) is 19.3. The third kappa shape index (κ3) is 3.35. The van der Waals surface area contributed by atoms with E-state index in [1.165, 1.54) is 25.7 Å². The van der Waals surface area contributed by atoms with Gasteiger partial charge in [-0.1, -0.05) is 13.8 Å². The van der Waals surface area contributed by atoms with E-state index >= 15 is 0 Å². The highest BCUT2D eigenvalue weighted by molar-refractivity contribution is 5.66. The molecule has 4 aliphatic carbocycles. The minimum absolute atomic E-state index is 0.172. The van der Waals surface area contributed by atoms with E-state index in [0.717, 1.165) is 32.1 Å². The van der Waals surface area contributed by atoms with Crippen LogP contribution in [-0.2, 0) is 4.79 Å². The van der Waals surface area contributed by atoms with Crippen molar-refractivity contribution in [3.63, 3.8) is 0 Å². The van der Waals surface area contributed by atoms with Gasteiger partial charge in [-0.2, -0.15) is 0 Å². The van der Waals surface area contributed by atoms with Crippen LogP contribution < -0.4 is 0 Å². The molecule has 10 atom stereocenters. The average Bonchev–Trinajstić information content (AvgIpc) is 3.05. The van der Waals surface area contributed by atoms with Gasteiger partial charge in [0, 0.05) is 6.42 Å². The van der Waals surface area contributed by atoms with E-state index in [0.29, 0.717) is 46.8 Å². The summed E-state index contributed by atoms with van der Waals surface area (Å²) < 4.78 is 0. The van der Waals surface area contributed by atoms with Crippen LogP contribution in [-0.4, -0.2) is 33.5 Å². The maximum absolute atomic E-state index is 11.1. The van der Waals surface area contributed by atoms with E-state index in [-0.39, 0.29) is 18.6 Å². The number of rotatable bonds is 4. The zero-order valence-corrected chi connectivity index (χ0v) is 17.0. The van der Waals surface area contributed by atoms with Crippen molar-refractivity contribution in [3.8, 4) is 0 Å². The number of aliphatic hydroxyl groups excluding tert-OH is 2. The Morgan fingerprint density at radius 2 is 1.81 bits per heavy atom. The number of carboxylic acids is 1. The fraction of sp³-hybridized carbons (Fsp3) is 0.957. The van der Waals surface area contributed by atoms with Gasteiger partial charge in [0.2, 0.25) is 0 Å². The topological polar surface area (TPSA) is 77.8 Å². The molecular weight excluding hydrogens is 340 g/mol. The molecule has 4 nitrogen and oxygen atoms in total. The van der Waals surface area contributed by atoms with Crippen molar-refractivity contribution in [3.05, 3.63) is 0 Å². The minimum Gasteiger partial charge on any atom is -0.481 e. The van der Waals surface area contributed by atoms with Crippen molar-refractivity contribution >= 4 is 5.97 Å². The van der Waals surface area contributed by atoms with Gasteiger partial charge in [0.1, 0.15) is 0 Å². The molecule has 154 valence electrons. The summed E-state index contributed by atoms with van der Waals surface area (Å²) in [6, 6.07) is 0. The minimum atomic E-state index is -0.679. The van der Waals surface area contributed by atoms with Crippen molar-refractivity contribution in [2.75, 3.05) is 0 Å². The second-order valence-corrected chi connectivity index (χ2v) is 10.7. The number of aliphatic carboxylic acids is 1. The summed E-state index contributed by atoms with van der Waals surface area (Å²) in [6.07, 6.45) is 9.38. The van der Waals surface area contributed by atoms with Crippen LogP contribution in [0.3, 0.4) is 0 Å². The molecule has 0 amide bonds. The molecule has 0 spiro atoms. The third-order valence-corrected chi connectivity index (χ3v) is 9.57. The van der Waals surface area contributed by atoms with Gasteiger partial charge in [0.15, 0.2) is 0 Å². The number of fused-ring (bicyclic) bond motifs is 5. The molecule has 4 rings (SSSR count). The van der Waals surface area contributed by atoms with E-state index in [2.05, 4.69) is 13.8 Å². The molecule has 0 aromatic carbocycles. The molecule has 0 radical (unpaired) electrons. The molecule has 3 N–H and O–H groups in total. The molecule has 0 aliphatic heterocycles. The van der Waals surface area contributed by atoms with E-state index in [1.807, 2.05) is 0 Å². The first kappa shape index (κ1) is 19.7. The molecule has 0 heterocycles. The monoisotopic (exact) mass is 378 g/mol. The first-order valence-corrected chi connectivity index (χ1v) is 11.4. The largest absolute Gasteiger partial charge is 0.481 e. The van der Waals surface area contributed by atoms with Gasteiger partial charge in [-0.05, 0) is 105 Å². The van der Waals surface area contributed by atoms with Crippen LogP contribution in [0.5, 0.6) is 0 Å². The fourth-order valence-electron chi connectivity index (χ4n) is 8.19. The lowest BCUT2D eigenvalue weighted by atomic mass is 9.46. The predicted molar refractivity (Wildman–Crippen MR) is 104 cm³/mol. The van der Waals surface area contributed by atoms with Crippen LogP contribution in [0.4, 0.5) is 0 Å². The fourth-order valence-corrected chi connectivity index (χ4v) is 8.19. The van der Waals surface area contributed by atoms with Crippen LogP contribution in [0.1, 0.15) is 78.1 Å². The predicted octanol–water partition coefficient (Wildman–Crippen LogP) is 4.09. The van der Waals surface area contributed by atoms with Crippen LogP contribution in [0, 0.1) is 46.8 Å². The summed E-state index contributed by atoms with van der Waals surface area (Å²) in [5.41, 5.74) is 0.293. The zero-order valence-electron chi connectivity index (χ0n) is 17.0. The molecule has 4 saturated carbocycles. The van der Waals surface area contributed by atoms with Crippen molar-refractivity contribution in [2.45, 2.75) is 90.3 Å². The molecule has 6 unspecified atom stereocenters. The summed E-state index contributed by atoms with van der Waals surface area (Å²) in [5, 5.41) is 30.3. The summed E-state index contributed by atoms with van der Waals surface area (Å²) in [6.45, 7) is 4.70. The Morgan fingerprint density at radius 1 is 1.07 bits per heavy atom. The third-order valence-electron chi connectivity index (χ3n) is 9.57. The molecule has 0 aromatic heterocycles. The Kier molecular flexibility index (Phi) is 5.35. The Balaban J connectivity index is 1.50. The molecule has 0 aromatic rings. The Labute approximate surface area is 163 Å². The standard InChI is InChI=1S/C23H38O4/c1-13(3-8-21(26)27)16-4-5-18-17(16)6-7-19-22(18)20(25)12-14-11-15(24)9-10-23(14,19)2/h13-20,22,24-25H,3-12H2,1-2H3,(H,26,27)/t13?,14-,15+,16+,17?,18?,19?,20?,22?,23-/m0/s1. The van der Waals surface area contributed by atoms with Crippen molar-refractivity contribution in [1.82, 2.24) is 0 Å². The molecule has 4 fully saturated rings. The maximum atomic E-state index is 11.1. The van der Waals surface area contributed by atoms with Gasteiger partial charge >= 0.3 is 5.97 Å². The van der Waals surface area contributed by atoms with E-state index in [9.17, 15) is 15.0 Å². The maximum Gasteiger partial charge on any atom is 0.303 e. The van der Waals surface area contributed by atoms with Gasteiger partial charge in [-0.25, -0.2) is 0 Å². The number of carbonyl (C=O) groups is 1. The lowest BCUT2D eigenvalue weighted by Gasteiger charge is -2.60. The van der Waals surface area contributed by atoms with E-state index < -0.39 is 5.97 Å². The summed E-state index contributed by atoms with van der Waals surface area (Å²) in [5.74, 6) is 3.24. The van der Waals surface area contributed by atoms with Crippen molar-refractivity contribution in [2.24, 2.45) is 46.8 Å². The number of carboxylic acid groups (broad SMARTS) is 1. The normalized spacial score (nSPS) is 50.4. The van der Waals surface area contributed by atoms with Crippen LogP contribution in [0.2, 0.25) is 0 Å². The van der Waals surface area contributed by atoms with E-state index in [4.69, 9.17) is 5.11 Å². The van der Waals surface area contributed by atoms with Gasteiger partial charge in [-0.15, -0.1) is 0 Å². The summed E-state index contributed by atoms with van der Waals surface area (Å²) in [7, 11) is 0. The molecule has 0 saturated heterocycles. The summed E-state index contributed by atoms with van der Waals surface area (Å²) >= 11 is 0. The quantitative estimate of drug-likeness (QED) is 0.688. The number of hydrogen-bond acceptors (Lipinski definition) is 3. The van der Waals surface area contributed by atoms with Crippen molar-refractivity contribution in [1.29, 1.82) is 0 Å². The Morgan fingerprint density at radius 3 is 2.56 bits per heavy atom. The second kappa shape index (κ2) is 7.33.